The molecule has 0 radical (unpaired) electrons. The lowest BCUT2D eigenvalue weighted by atomic mass is 9.96. The van der Waals surface area contributed by atoms with Crippen LogP contribution in [0.3, 0.4) is 0 Å². The van der Waals surface area contributed by atoms with E-state index in [0.29, 0.717) is 12.0 Å². The molecule has 1 heterocycles. The molecule has 0 aromatic carbocycles. The second-order valence-electron chi connectivity index (χ2n) is 4.40. The molecule has 0 aliphatic carbocycles. The molecule has 1 fully saturated rings. The van der Waals surface area contributed by atoms with Gasteiger partial charge in [-0.3, -0.25) is 0 Å². The van der Waals surface area contributed by atoms with Crippen LogP contribution in [0.5, 0.6) is 0 Å². The number of aliphatic hydroxyl groups excluding tert-OH is 1. The SMILES string of the molecule is CC(O)CCC(C)CC1CCCO1. The molecule has 0 aromatic heterocycles. The average Bonchev–Trinajstić information content (AvgIpc) is 2.53. The van der Waals surface area contributed by atoms with Crippen LogP contribution in [0.15, 0.2) is 0 Å². The van der Waals surface area contributed by atoms with E-state index >= 15 is 0 Å². The van der Waals surface area contributed by atoms with Crippen LogP contribution in [0.25, 0.3) is 0 Å². The molecule has 3 atom stereocenters. The van der Waals surface area contributed by atoms with Crippen LogP contribution in [0, 0.1) is 5.92 Å². The number of ether oxygens (including phenoxy) is 1. The van der Waals surface area contributed by atoms with E-state index in [1.807, 2.05) is 6.92 Å². The molecule has 0 amide bonds. The van der Waals surface area contributed by atoms with Crippen molar-refractivity contribution < 1.29 is 9.84 Å². The molecular formula is C11H22O2. The van der Waals surface area contributed by atoms with E-state index < -0.39 is 0 Å². The summed E-state index contributed by atoms with van der Waals surface area (Å²) in [6.45, 7) is 5.07. The molecule has 1 aliphatic rings. The van der Waals surface area contributed by atoms with E-state index in [2.05, 4.69) is 6.92 Å². The minimum atomic E-state index is -0.146. The summed E-state index contributed by atoms with van der Waals surface area (Å²) in [6.07, 6.45) is 6.04. The summed E-state index contributed by atoms with van der Waals surface area (Å²) in [4.78, 5) is 0. The van der Waals surface area contributed by atoms with Crippen molar-refractivity contribution in [3.8, 4) is 0 Å². The Bertz CT molecular complexity index is 128. The highest BCUT2D eigenvalue weighted by molar-refractivity contribution is 4.68. The van der Waals surface area contributed by atoms with Gasteiger partial charge >= 0.3 is 0 Å². The summed E-state index contributed by atoms with van der Waals surface area (Å²) in [5.74, 6) is 0.692. The smallest absolute Gasteiger partial charge is 0.0578 e. The number of hydrogen-bond donors (Lipinski definition) is 1. The average molecular weight is 186 g/mol. The molecule has 13 heavy (non-hydrogen) atoms. The van der Waals surface area contributed by atoms with Crippen molar-refractivity contribution in [1.29, 1.82) is 0 Å². The molecule has 0 bridgehead atoms. The van der Waals surface area contributed by atoms with E-state index in [4.69, 9.17) is 9.84 Å². The van der Waals surface area contributed by atoms with Crippen molar-refractivity contribution in [3.63, 3.8) is 0 Å². The Morgan fingerprint density at radius 3 is 2.69 bits per heavy atom. The van der Waals surface area contributed by atoms with Gasteiger partial charge in [0, 0.05) is 6.61 Å². The monoisotopic (exact) mass is 186 g/mol. The maximum atomic E-state index is 9.13. The molecule has 0 aromatic rings. The van der Waals surface area contributed by atoms with Gasteiger partial charge < -0.3 is 9.84 Å². The highest BCUT2D eigenvalue weighted by Gasteiger charge is 2.18. The Kier molecular flexibility index (Phi) is 4.74. The van der Waals surface area contributed by atoms with Crippen LogP contribution in [-0.4, -0.2) is 23.9 Å². The maximum absolute atomic E-state index is 9.13. The third-order valence-corrected chi connectivity index (χ3v) is 2.77. The van der Waals surface area contributed by atoms with Gasteiger partial charge in [0.05, 0.1) is 12.2 Å². The van der Waals surface area contributed by atoms with Crippen LogP contribution < -0.4 is 0 Å². The summed E-state index contributed by atoms with van der Waals surface area (Å²) in [5, 5.41) is 9.13. The zero-order valence-corrected chi connectivity index (χ0v) is 8.83. The van der Waals surface area contributed by atoms with Crippen molar-refractivity contribution in [1.82, 2.24) is 0 Å². The third kappa shape index (κ3) is 4.63. The molecule has 78 valence electrons. The second kappa shape index (κ2) is 5.61. The Labute approximate surface area is 81.3 Å². The Hall–Kier alpha value is -0.0800. The molecule has 2 nitrogen and oxygen atoms in total. The summed E-state index contributed by atoms with van der Waals surface area (Å²) in [7, 11) is 0. The molecule has 2 heteroatoms. The largest absolute Gasteiger partial charge is 0.393 e. The number of aliphatic hydroxyl groups is 1. The number of rotatable bonds is 5. The fourth-order valence-electron chi connectivity index (χ4n) is 1.92. The highest BCUT2D eigenvalue weighted by atomic mass is 16.5. The lowest BCUT2D eigenvalue weighted by molar-refractivity contribution is 0.0871. The first-order valence-corrected chi connectivity index (χ1v) is 5.48. The molecule has 1 rings (SSSR count). The van der Waals surface area contributed by atoms with Crippen LogP contribution in [0.1, 0.15) is 46.0 Å². The fraction of sp³-hybridized carbons (Fsp3) is 1.00. The summed E-state index contributed by atoms with van der Waals surface area (Å²) in [6, 6.07) is 0. The van der Waals surface area contributed by atoms with Crippen molar-refractivity contribution in [3.05, 3.63) is 0 Å². The standard InChI is InChI=1S/C11H22O2/c1-9(5-6-10(2)12)8-11-4-3-7-13-11/h9-12H,3-8H2,1-2H3. The summed E-state index contributed by atoms with van der Waals surface area (Å²) < 4.78 is 5.57. The van der Waals surface area contributed by atoms with Crippen LogP contribution in [-0.2, 0) is 4.74 Å². The first kappa shape index (κ1) is 11.0. The Morgan fingerprint density at radius 2 is 2.15 bits per heavy atom. The molecule has 1 saturated heterocycles. The number of hydrogen-bond acceptors (Lipinski definition) is 2. The Morgan fingerprint density at radius 1 is 1.38 bits per heavy atom. The Balaban J connectivity index is 2.05. The van der Waals surface area contributed by atoms with E-state index in [1.165, 1.54) is 19.3 Å². The van der Waals surface area contributed by atoms with Crippen LogP contribution >= 0.6 is 0 Å². The minimum Gasteiger partial charge on any atom is -0.393 e. The van der Waals surface area contributed by atoms with Crippen molar-refractivity contribution in [2.24, 2.45) is 5.92 Å². The second-order valence-corrected chi connectivity index (χ2v) is 4.40. The molecule has 1 aliphatic heterocycles. The van der Waals surface area contributed by atoms with Crippen LogP contribution in [0.4, 0.5) is 0 Å². The van der Waals surface area contributed by atoms with Gasteiger partial charge in [0.2, 0.25) is 0 Å². The minimum absolute atomic E-state index is 0.146. The first-order chi connectivity index (χ1) is 6.18. The lowest BCUT2D eigenvalue weighted by Gasteiger charge is -2.16. The van der Waals surface area contributed by atoms with Gasteiger partial charge in [-0.15, -0.1) is 0 Å². The predicted molar refractivity (Wildman–Crippen MR) is 53.7 cm³/mol. The van der Waals surface area contributed by atoms with Crippen molar-refractivity contribution in [2.45, 2.75) is 58.2 Å². The third-order valence-electron chi connectivity index (χ3n) is 2.77. The van der Waals surface area contributed by atoms with E-state index in [-0.39, 0.29) is 6.10 Å². The highest BCUT2D eigenvalue weighted by Crippen LogP contribution is 2.22. The van der Waals surface area contributed by atoms with Crippen molar-refractivity contribution in [2.75, 3.05) is 6.61 Å². The maximum Gasteiger partial charge on any atom is 0.0578 e. The quantitative estimate of drug-likeness (QED) is 0.714. The van der Waals surface area contributed by atoms with Gasteiger partial charge in [-0.25, -0.2) is 0 Å². The molecular weight excluding hydrogens is 164 g/mol. The summed E-state index contributed by atoms with van der Waals surface area (Å²) in [5.41, 5.74) is 0. The normalized spacial score (nSPS) is 27.5. The topological polar surface area (TPSA) is 29.5 Å². The fourth-order valence-corrected chi connectivity index (χ4v) is 1.92. The molecule has 0 saturated carbocycles. The summed E-state index contributed by atoms with van der Waals surface area (Å²) >= 11 is 0. The van der Waals surface area contributed by atoms with Crippen molar-refractivity contribution >= 4 is 0 Å². The van der Waals surface area contributed by atoms with Gasteiger partial charge in [0.1, 0.15) is 0 Å². The van der Waals surface area contributed by atoms with Crippen LogP contribution in [0.2, 0.25) is 0 Å². The first-order valence-electron chi connectivity index (χ1n) is 5.48. The zero-order chi connectivity index (χ0) is 9.68. The van der Waals surface area contributed by atoms with E-state index in [1.54, 1.807) is 0 Å². The van der Waals surface area contributed by atoms with Gasteiger partial charge in [0.15, 0.2) is 0 Å². The van der Waals surface area contributed by atoms with Gasteiger partial charge in [-0.1, -0.05) is 6.92 Å². The predicted octanol–water partition coefficient (Wildman–Crippen LogP) is 2.35. The molecule has 1 N–H and O–H groups in total. The van der Waals surface area contributed by atoms with Gasteiger partial charge in [-0.05, 0) is 44.9 Å². The van der Waals surface area contributed by atoms with E-state index in [0.717, 1.165) is 19.4 Å². The molecule has 3 unspecified atom stereocenters. The molecule has 0 spiro atoms. The van der Waals surface area contributed by atoms with Gasteiger partial charge in [0.25, 0.3) is 0 Å². The van der Waals surface area contributed by atoms with E-state index in [9.17, 15) is 0 Å². The van der Waals surface area contributed by atoms with Gasteiger partial charge in [-0.2, -0.15) is 0 Å². The zero-order valence-electron chi connectivity index (χ0n) is 8.83. The lowest BCUT2D eigenvalue weighted by Crippen LogP contribution is -2.12.